The monoisotopic (exact) mass is 356 g/mol. The van der Waals surface area contributed by atoms with E-state index in [9.17, 15) is 0 Å². The van der Waals surface area contributed by atoms with E-state index in [1.807, 2.05) is 36.4 Å². The highest BCUT2D eigenvalue weighted by Crippen LogP contribution is 2.28. The molecular formula is C24H24N2O. The number of rotatable bonds is 6. The molecule has 0 saturated carbocycles. The van der Waals surface area contributed by atoms with Crippen molar-refractivity contribution in [3.05, 3.63) is 95.8 Å². The molecule has 0 aliphatic carbocycles. The van der Waals surface area contributed by atoms with Crippen LogP contribution in [-0.2, 0) is 6.54 Å². The molecule has 1 unspecified atom stereocenters. The number of fused-ring (bicyclic) bond motifs is 1. The molecule has 4 rings (SSSR count). The van der Waals surface area contributed by atoms with Gasteiger partial charge in [-0.2, -0.15) is 0 Å². The Hall–Kier alpha value is -3.07. The van der Waals surface area contributed by atoms with Crippen LogP contribution in [0.5, 0.6) is 5.75 Å². The van der Waals surface area contributed by atoms with Gasteiger partial charge in [0.15, 0.2) is 11.9 Å². The van der Waals surface area contributed by atoms with Crippen LogP contribution in [-0.4, -0.2) is 9.55 Å². The third-order valence-electron chi connectivity index (χ3n) is 4.83. The van der Waals surface area contributed by atoms with Gasteiger partial charge in [0.2, 0.25) is 0 Å². The number of imidazole rings is 1. The zero-order valence-corrected chi connectivity index (χ0v) is 15.8. The zero-order valence-electron chi connectivity index (χ0n) is 15.8. The molecule has 1 aromatic heterocycles. The Balaban J connectivity index is 1.75. The van der Waals surface area contributed by atoms with E-state index in [2.05, 4.69) is 60.9 Å². The van der Waals surface area contributed by atoms with Gasteiger partial charge in [0.25, 0.3) is 0 Å². The van der Waals surface area contributed by atoms with Gasteiger partial charge in [-0.1, -0.05) is 67.1 Å². The van der Waals surface area contributed by atoms with E-state index in [1.54, 1.807) is 0 Å². The second-order valence-electron chi connectivity index (χ2n) is 6.86. The van der Waals surface area contributed by atoms with Gasteiger partial charge in [-0.15, -0.1) is 0 Å². The molecule has 0 spiro atoms. The summed E-state index contributed by atoms with van der Waals surface area (Å²) in [4.78, 5) is 4.93. The molecule has 1 heterocycles. The molecule has 4 aromatic rings. The molecule has 0 bridgehead atoms. The van der Waals surface area contributed by atoms with Crippen molar-refractivity contribution in [2.75, 3.05) is 0 Å². The highest BCUT2D eigenvalue weighted by Gasteiger charge is 2.20. The lowest BCUT2D eigenvalue weighted by atomic mass is 10.1. The molecule has 0 amide bonds. The summed E-state index contributed by atoms with van der Waals surface area (Å²) in [5.74, 6) is 1.85. The lowest BCUT2D eigenvalue weighted by Crippen LogP contribution is -2.14. The third-order valence-corrected chi connectivity index (χ3v) is 4.83. The van der Waals surface area contributed by atoms with Crippen molar-refractivity contribution < 1.29 is 4.74 Å². The number of nitrogens with zero attached hydrogens (tertiary/aromatic N) is 2. The molecule has 3 aromatic carbocycles. The van der Waals surface area contributed by atoms with Crippen LogP contribution in [0.3, 0.4) is 0 Å². The predicted molar refractivity (Wildman–Crippen MR) is 110 cm³/mol. The number of para-hydroxylation sites is 3. The summed E-state index contributed by atoms with van der Waals surface area (Å²) in [6.07, 6.45) is 0.761. The summed E-state index contributed by atoms with van der Waals surface area (Å²) in [6, 6.07) is 27.0. The van der Waals surface area contributed by atoms with E-state index in [1.165, 1.54) is 11.1 Å². The Bertz CT molecular complexity index is 1020. The molecule has 0 radical (unpaired) electrons. The van der Waals surface area contributed by atoms with E-state index in [4.69, 9.17) is 9.72 Å². The quantitative estimate of drug-likeness (QED) is 0.428. The SMILES string of the molecule is CCC(Oc1ccccc1)c1nc2ccccc2n1Cc1ccc(C)cc1. The van der Waals surface area contributed by atoms with Crippen LogP contribution in [0.2, 0.25) is 0 Å². The first-order chi connectivity index (χ1) is 13.2. The molecule has 0 aliphatic rings. The van der Waals surface area contributed by atoms with Gasteiger partial charge in [0, 0.05) is 6.54 Å². The maximum atomic E-state index is 6.29. The summed E-state index contributed by atoms with van der Waals surface area (Å²) < 4.78 is 8.58. The minimum atomic E-state index is -0.0924. The van der Waals surface area contributed by atoms with Crippen molar-refractivity contribution in [1.82, 2.24) is 9.55 Å². The van der Waals surface area contributed by atoms with Crippen LogP contribution in [0.1, 0.15) is 36.4 Å². The number of hydrogen-bond donors (Lipinski definition) is 0. The summed E-state index contributed by atoms with van der Waals surface area (Å²) in [7, 11) is 0. The summed E-state index contributed by atoms with van der Waals surface area (Å²) in [5.41, 5.74) is 4.69. The maximum absolute atomic E-state index is 6.29. The molecule has 0 N–H and O–H groups in total. The van der Waals surface area contributed by atoms with Crippen molar-refractivity contribution in [3.8, 4) is 5.75 Å². The Morgan fingerprint density at radius 3 is 2.33 bits per heavy atom. The number of ether oxygens (including phenoxy) is 1. The van der Waals surface area contributed by atoms with E-state index in [0.717, 1.165) is 35.6 Å². The third kappa shape index (κ3) is 3.72. The Kier molecular flexibility index (Phi) is 4.93. The minimum absolute atomic E-state index is 0.0924. The average Bonchev–Trinajstić information content (AvgIpc) is 3.07. The van der Waals surface area contributed by atoms with Crippen molar-refractivity contribution >= 4 is 11.0 Å². The highest BCUT2D eigenvalue weighted by molar-refractivity contribution is 5.76. The smallest absolute Gasteiger partial charge is 0.156 e. The Labute approximate surface area is 160 Å². The van der Waals surface area contributed by atoms with E-state index in [-0.39, 0.29) is 6.10 Å². The van der Waals surface area contributed by atoms with Gasteiger partial charge in [-0.3, -0.25) is 0 Å². The van der Waals surface area contributed by atoms with E-state index >= 15 is 0 Å². The maximum Gasteiger partial charge on any atom is 0.156 e. The van der Waals surface area contributed by atoms with Gasteiger partial charge in [0.1, 0.15) is 5.75 Å². The molecule has 1 atom stereocenters. The van der Waals surface area contributed by atoms with Crippen molar-refractivity contribution in [2.45, 2.75) is 32.9 Å². The van der Waals surface area contributed by atoms with Crippen molar-refractivity contribution in [2.24, 2.45) is 0 Å². The van der Waals surface area contributed by atoms with Gasteiger partial charge < -0.3 is 9.30 Å². The molecule has 0 aliphatic heterocycles. The number of hydrogen-bond acceptors (Lipinski definition) is 2. The molecule has 0 fully saturated rings. The standard InChI is InChI=1S/C24H24N2O/c1-3-23(27-20-9-5-4-6-10-20)24-25-21-11-7-8-12-22(21)26(24)17-19-15-13-18(2)14-16-19/h4-16,23H,3,17H2,1-2H3. The van der Waals surface area contributed by atoms with Crippen LogP contribution in [0.25, 0.3) is 11.0 Å². The highest BCUT2D eigenvalue weighted by atomic mass is 16.5. The second kappa shape index (κ2) is 7.67. The van der Waals surface area contributed by atoms with Crippen LogP contribution in [0.15, 0.2) is 78.9 Å². The average molecular weight is 356 g/mol. The summed E-state index contributed by atoms with van der Waals surface area (Å²) in [5, 5.41) is 0. The molecule has 27 heavy (non-hydrogen) atoms. The fourth-order valence-electron chi connectivity index (χ4n) is 3.36. The van der Waals surface area contributed by atoms with E-state index < -0.39 is 0 Å². The molecular weight excluding hydrogens is 332 g/mol. The molecule has 3 nitrogen and oxygen atoms in total. The Morgan fingerprint density at radius 1 is 0.889 bits per heavy atom. The van der Waals surface area contributed by atoms with Gasteiger partial charge in [0.05, 0.1) is 11.0 Å². The van der Waals surface area contributed by atoms with Gasteiger partial charge >= 0.3 is 0 Å². The van der Waals surface area contributed by atoms with Crippen LogP contribution in [0, 0.1) is 6.92 Å². The first-order valence-corrected chi connectivity index (χ1v) is 9.47. The first-order valence-electron chi connectivity index (χ1n) is 9.47. The number of aryl methyl sites for hydroxylation is 1. The zero-order chi connectivity index (χ0) is 18.6. The predicted octanol–water partition coefficient (Wildman–Crippen LogP) is 5.92. The van der Waals surface area contributed by atoms with Crippen LogP contribution < -0.4 is 4.74 Å². The fourth-order valence-corrected chi connectivity index (χ4v) is 3.36. The summed E-state index contributed by atoms with van der Waals surface area (Å²) >= 11 is 0. The fraction of sp³-hybridized carbons (Fsp3) is 0.208. The van der Waals surface area contributed by atoms with Crippen molar-refractivity contribution in [3.63, 3.8) is 0 Å². The van der Waals surface area contributed by atoms with Crippen molar-refractivity contribution in [1.29, 1.82) is 0 Å². The lowest BCUT2D eigenvalue weighted by molar-refractivity contribution is 0.187. The van der Waals surface area contributed by atoms with Crippen LogP contribution in [0.4, 0.5) is 0 Å². The van der Waals surface area contributed by atoms with Gasteiger partial charge in [-0.05, 0) is 43.2 Å². The molecule has 0 saturated heterocycles. The number of benzene rings is 3. The number of aromatic nitrogens is 2. The Morgan fingerprint density at radius 2 is 1.59 bits per heavy atom. The van der Waals surface area contributed by atoms with E-state index in [0.29, 0.717) is 0 Å². The lowest BCUT2D eigenvalue weighted by Gasteiger charge is -2.19. The summed E-state index contributed by atoms with van der Waals surface area (Å²) in [6.45, 7) is 5.04. The first kappa shape index (κ1) is 17.3. The largest absolute Gasteiger partial charge is 0.483 e. The normalized spacial score (nSPS) is 12.2. The second-order valence-corrected chi connectivity index (χ2v) is 6.86. The minimum Gasteiger partial charge on any atom is -0.483 e. The topological polar surface area (TPSA) is 27.1 Å². The molecule has 3 heteroatoms. The van der Waals surface area contributed by atoms with Gasteiger partial charge in [-0.25, -0.2) is 4.98 Å². The van der Waals surface area contributed by atoms with Crippen LogP contribution >= 0.6 is 0 Å². The molecule has 136 valence electrons.